The zero-order valence-electron chi connectivity index (χ0n) is 15.4. The van der Waals surface area contributed by atoms with Crippen molar-refractivity contribution in [1.29, 1.82) is 0 Å². The predicted molar refractivity (Wildman–Crippen MR) is 96.2 cm³/mol. The highest BCUT2D eigenvalue weighted by molar-refractivity contribution is 5.70. The minimum absolute atomic E-state index is 0.0109. The first-order valence-corrected chi connectivity index (χ1v) is 10.0. The standard InChI is InChI=1S/C21H31NO3/c1-12-13-5-8-21(17(12)24)15(9-13)20-7-4-6-19(2,14(20)10-16(21)23)18(25-3)22-11-20/h11,13-18,23-24H,1,4-10H2,2-3H3. The highest BCUT2D eigenvalue weighted by Gasteiger charge is 2.72. The van der Waals surface area contributed by atoms with E-state index in [9.17, 15) is 10.2 Å². The molecule has 5 aliphatic carbocycles. The van der Waals surface area contributed by atoms with Crippen molar-refractivity contribution in [2.45, 2.75) is 70.3 Å². The highest BCUT2D eigenvalue weighted by atomic mass is 16.5. The largest absolute Gasteiger partial charge is 0.392 e. The van der Waals surface area contributed by atoms with Gasteiger partial charge < -0.3 is 14.9 Å². The first kappa shape index (κ1) is 16.5. The third-order valence-corrected chi connectivity index (χ3v) is 9.22. The maximum Gasteiger partial charge on any atom is 0.153 e. The molecule has 1 spiro atoms. The van der Waals surface area contributed by atoms with Crippen molar-refractivity contribution in [1.82, 2.24) is 0 Å². The number of hydrogen-bond donors (Lipinski definition) is 2. The van der Waals surface area contributed by atoms with Crippen LogP contribution >= 0.6 is 0 Å². The fourth-order valence-corrected chi connectivity index (χ4v) is 8.09. The van der Waals surface area contributed by atoms with Crippen LogP contribution in [0.25, 0.3) is 0 Å². The average Bonchev–Trinajstić information content (AvgIpc) is 2.60. The Bertz CT molecular complexity index is 647. The Hall–Kier alpha value is -0.710. The number of nitrogens with zero attached hydrogens (tertiary/aromatic N) is 1. The Kier molecular flexibility index (Phi) is 3.27. The van der Waals surface area contributed by atoms with Crippen molar-refractivity contribution >= 4 is 6.21 Å². The normalized spacial score (nSPS) is 59.4. The zero-order valence-corrected chi connectivity index (χ0v) is 15.4. The quantitative estimate of drug-likeness (QED) is 0.718. The summed E-state index contributed by atoms with van der Waals surface area (Å²) in [6, 6.07) is 0. The molecule has 4 bridgehead atoms. The molecule has 9 atom stereocenters. The lowest BCUT2D eigenvalue weighted by atomic mass is 9.34. The van der Waals surface area contributed by atoms with Gasteiger partial charge in [-0.15, -0.1) is 0 Å². The smallest absolute Gasteiger partial charge is 0.153 e. The molecule has 0 aromatic carbocycles. The van der Waals surface area contributed by atoms with Gasteiger partial charge in [-0.25, -0.2) is 0 Å². The molecule has 0 amide bonds. The molecule has 25 heavy (non-hydrogen) atoms. The summed E-state index contributed by atoms with van der Waals surface area (Å²) in [6.07, 6.45) is 8.34. The van der Waals surface area contributed by atoms with Crippen LogP contribution in [0, 0.1) is 34.0 Å². The molecular weight excluding hydrogens is 314 g/mol. The number of hydrogen-bond acceptors (Lipinski definition) is 4. The lowest BCUT2D eigenvalue weighted by Crippen LogP contribution is -2.72. The summed E-state index contributed by atoms with van der Waals surface area (Å²) < 4.78 is 5.75. The molecule has 1 heterocycles. The van der Waals surface area contributed by atoms with Crippen molar-refractivity contribution < 1.29 is 14.9 Å². The van der Waals surface area contributed by atoms with Gasteiger partial charge in [0.1, 0.15) is 0 Å². The first-order valence-electron chi connectivity index (χ1n) is 10.0. The molecule has 138 valence electrons. The van der Waals surface area contributed by atoms with Crippen molar-refractivity contribution in [3.05, 3.63) is 12.2 Å². The van der Waals surface area contributed by atoms with E-state index in [-0.39, 0.29) is 17.1 Å². The van der Waals surface area contributed by atoms with Gasteiger partial charge in [0.05, 0.1) is 12.2 Å². The second-order valence-electron chi connectivity index (χ2n) is 9.76. The van der Waals surface area contributed by atoms with Gasteiger partial charge in [-0.2, -0.15) is 0 Å². The molecule has 0 saturated heterocycles. The Balaban J connectivity index is 1.68. The van der Waals surface area contributed by atoms with E-state index in [4.69, 9.17) is 9.73 Å². The Morgan fingerprint density at radius 1 is 1.20 bits per heavy atom. The van der Waals surface area contributed by atoms with E-state index in [1.165, 1.54) is 6.42 Å². The highest BCUT2D eigenvalue weighted by Crippen LogP contribution is 2.73. The second kappa shape index (κ2) is 4.96. The van der Waals surface area contributed by atoms with Gasteiger partial charge in [0, 0.05) is 29.6 Å². The summed E-state index contributed by atoms with van der Waals surface area (Å²) >= 11 is 0. The van der Waals surface area contributed by atoms with Crippen molar-refractivity contribution in [3.63, 3.8) is 0 Å². The summed E-state index contributed by atoms with van der Waals surface area (Å²) in [5.41, 5.74) is 0.564. The van der Waals surface area contributed by atoms with E-state index in [1.54, 1.807) is 7.11 Å². The number of ether oxygens (including phenoxy) is 1. The number of methoxy groups -OCH3 is 1. The molecule has 1 aliphatic heterocycles. The number of aliphatic hydroxyl groups is 2. The summed E-state index contributed by atoms with van der Waals surface area (Å²) in [4.78, 5) is 4.89. The van der Waals surface area contributed by atoms with Crippen LogP contribution in [0.1, 0.15) is 51.9 Å². The van der Waals surface area contributed by atoms with Gasteiger partial charge in [0.2, 0.25) is 0 Å². The van der Waals surface area contributed by atoms with Crippen LogP contribution < -0.4 is 0 Å². The molecule has 2 N–H and O–H groups in total. The van der Waals surface area contributed by atoms with Crippen LogP contribution in [0.15, 0.2) is 17.1 Å². The molecule has 4 nitrogen and oxygen atoms in total. The number of rotatable bonds is 1. The second-order valence-corrected chi connectivity index (χ2v) is 9.76. The third-order valence-electron chi connectivity index (χ3n) is 9.22. The molecule has 0 radical (unpaired) electrons. The maximum atomic E-state index is 11.3. The van der Waals surface area contributed by atoms with Gasteiger partial charge in [0.15, 0.2) is 6.23 Å². The first-order chi connectivity index (χ1) is 11.9. The Morgan fingerprint density at radius 3 is 2.76 bits per heavy atom. The van der Waals surface area contributed by atoms with Crippen LogP contribution in [0.4, 0.5) is 0 Å². The summed E-state index contributed by atoms with van der Waals surface area (Å²) in [5, 5.41) is 22.5. The fourth-order valence-electron chi connectivity index (χ4n) is 8.09. The molecule has 4 heteroatoms. The molecule has 6 rings (SSSR count). The van der Waals surface area contributed by atoms with E-state index in [2.05, 4.69) is 19.7 Å². The molecule has 9 unspecified atom stereocenters. The topological polar surface area (TPSA) is 62.1 Å². The van der Waals surface area contributed by atoms with Crippen molar-refractivity contribution in [2.75, 3.05) is 7.11 Å². The van der Waals surface area contributed by atoms with Crippen LogP contribution in [0.5, 0.6) is 0 Å². The molecule has 0 aromatic rings. The monoisotopic (exact) mass is 345 g/mol. The Labute approximate surface area is 150 Å². The minimum Gasteiger partial charge on any atom is -0.392 e. The van der Waals surface area contributed by atoms with E-state index in [1.807, 2.05) is 0 Å². The molecule has 5 fully saturated rings. The summed E-state index contributed by atoms with van der Waals surface area (Å²) in [5.74, 6) is 1.11. The van der Waals surface area contributed by atoms with Crippen LogP contribution in [-0.2, 0) is 4.74 Å². The maximum absolute atomic E-state index is 11.3. The SMILES string of the molecule is C=C1C2CCC3(C(O)CC4C5(C)CCCC4(C=NC5OC)C3C2)C1O. The van der Waals surface area contributed by atoms with Crippen molar-refractivity contribution in [3.8, 4) is 0 Å². The van der Waals surface area contributed by atoms with Gasteiger partial charge in [0.25, 0.3) is 0 Å². The van der Waals surface area contributed by atoms with Gasteiger partial charge in [-0.3, -0.25) is 4.99 Å². The number of aliphatic hydroxyl groups excluding tert-OH is 2. The van der Waals surface area contributed by atoms with Crippen LogP contribution in [0.2, 0.25) is 0 Å². The van der Waals surface area contributed by atoms with Crippen LogP contribution in [-0.4, -0.2) is 42.0 Å². The lowest BCUT2D eigenvalue weighted by Gasteiger charge is -2.71. The summed E-state index contributed by atoms with van der Waals surface area (Å²) in [7, 11) is 1.76. The fraction of sp³-hybridized carbons (Fsp3) is 0.857. The third kappa shape index (κ3) is 1.68. The van der Waals surface area contributed by atoms with E-state index >= 15 is 0 Å². The van der Waals surface area contributed by atoms with Gasteiger partial charge in [-0.1, -0.05) is 19.9 Å². The zero-order chi connectivity index (χ0) is 17.6. The molecular formula is C21H31NO3. The van der Waals surface area contributed by atoms with Gasteiger partial charge >= 0.3 is 0 Å². The van der Waals surface area contributed by atoms with E-state index in [0.717, 1.165) is 44.1 Å². The van der Waals surface area contributed by atoms with E-state index < -0.39 is 17.6 Å². The van der Waals surface area contributed by atoms with Gasteiger partial charge in [-0.05, 0) is 61.9 Å². The minimum atomic E-state index is -0.558. The van der Waals surface area contributed by atoms with Crippen molar-refractivity contribution in [2.24, 2.45) is 39.0 Å². The predicted octanol–water partition coefficient (Wildman–Crippen LogP) is 2.93. The average molecular weight is 345 g/mol. The van der Waals surface area contributed by atoms with E-state index in [0.29, 0.717) is 17.8 Å². The number of aliphatic imine (C=N–C) groups is 1. The Morgan fingerprint density at radius 2 is 2.00 bits per heavy atom. The van der Waals surface area contributed by atoms with Crippen LogP contribution in [0.3, 0.4) is 0 Å². The summed E-state index contributed by atoms with van der Waals surface area (Å²) in [6.45, 7) is 6.52. The molecule has 6 aliphatic rings. The molecule has 0 aromatic heterocycles. The molecule has 5 saturated carbocycles. The number of fused-ring (bicyclic) bond motifs is 2. The lowest BCUT2D eigenvalue weighted by molar-refractivity contribution is -0.249.